The van der Waals surface area contributed by atoms with Crippen LogP contribution in [-0.2, 0) is 0 Å². The van der Waals surface area contributed by atoms with Gasteiger partial charge in [-0.2, -0.15) is 5.26 Å². The number of nitrogens with zero attached hydrogens (tertiary/aromatic N) is 1. The number of halogens is 2. The first-order valence-electron chi connectivity index (χ1n) is 4.78. The van der Waals surface area contributed by atoms with Crippen LogP contribution in [0.15, 0.2) is 28.8 Å². The molecule has 1 aromatic rings. The standard InChI is InChI=1S/C12H13BrN2O.ClH/c1-7(2)3-11(15)9-4-8(6-14)5-10(13)12(9)16;/h4-5,11,16H,1,3,15H2,2H3;1H/t11-;/m1./s1. The van der Waals surface area contributed by atoms with Crippen molar-refractivity contribution in [3.8, 4) is 11.8 Å². The fourth-order valence-corrected chi connectivity index (χ4v) is 1.93. The second-order valence-corrected chi connectivity index (χ2v) is 4.63. The van der Waals surface area contributed by atoms with E-state index in [-0.39, 0.29) is 24.2 Å². The number of benzene rings is 1. The third kappa shape index (κ3) is 4.04. The van der Waals surface area contributed by atoms with Gasteiger partial charge >= 0.3 is 0 Å². The lowest BCUT2D eigenvalue weighted by Gasteiger charge is -2.14. The number of hydrogen-bond acceptors (Lipinski definition) is 3. The molecule has 0 aliphatic heterocycles. The fourth-order valence-electron chi connectivity index (χ4n) is 1.45. The Morgan fingerprint density at radius 3 is 2.71 bits per heavy atom. The molecule has 0 fully saturated rings. The van der Waals surface area contributed by atoms with Crippen LogP contribution in [-0.4, -0.2) is 5.11 Å². The van der Waals surface area contributed by atoms with Gasteiger partial charge in [-0.15, -0.1) is 19.0 Å². The molecular weight excluding hydrogens is 304 g/mol. The van der Waals surface area contributed by atoms with Crippen LogP contribution in [0.5, 0.6) is 5.75 Å². The van der Waals surface area contributed by atoms with Gasteiger partial charge in [-0.1, -0.05) is 5.57 Å². The molecule has 1 rings (SSSR count). The highest BCUT2D eigenvalue weighted by Crippen LogP contribution is 2.34. The lowest BCUT2D eigenvalue weighted by Crippen LogP contribution is -2.11. The second-order valence-electron chi connectivity index (χ2n) is 3.78. The van der Waals surface area contributed by atoms with Crippen LogP contribution in [0.2, 0.25) is 0 Å². The van der Waals surface area contributed by atoms with Gasteiger partial charge in [0.05, 0.1) is 16.1 Å². The van der Waals surface area contributed by atoms with E-state index in [4.69, 9.17) is 11.0 Å². The molecule has 17 heavy (non-hydrogen) atoms. The molecule has 0 bridgehead atoms. The van der Waals surface area contributed by atoms with Gasteiger partial charge in [0.25, 0.3) is 0 Å². The van der Waals surface area contributed by atoms with Crippen molar-refractivity contribution < 1.29 is 5.11 Å². The number of phenolic OH excluding ortho intramolecular Hbond substituents is 1. The van der Waals surface area contributed by atoms with Gasteiger partial charge in [-0.25, -0.2) is 0 Å². The smallest absolute Gasteiger partial charge is 0.134 e. The first-order valence-corrected chi connectivity index (χ1v) is 5.57. The van der Waals surface area contributed by atoms with Crippen molar-refractivity contribution in [3.63, 3.8) is 0 Å². The highest BCUT2D eigenvalue weighted by molar-refractivity contribution is 9.10. The number of rotatable bonds is 3. The van der Waals surface area contributed by atoms with Gasteiger partial charge in [0.15, 0.2) is 0 Å². The van der Waals surface area contributed by atoms with Gasteiger partial charge in [0.1, 0.15) is 5.75 Å². The molecule has 0 saturated heterocycles. The maximum absolute atomic E-state index is 9.83. The monoisotopic (exact) mass is 316 g/mol. The van der Waals surface area contributed by atoms with Gasteiger partial charge < -0.3 is 10.8 Å². The molecule has 0 amide bonds. The van der Waals surface area contributed by atoms with Crippen LogP contribution in [0.25, 0.3) is 0 Å². The molecule has 1 aromatic carbocycles. The van der Waals surface area contributed by atoms with Crippen molar-refractivity contribution in [3.05, 3.63) is 39.9 Å². The number of aromatic hydroxyl groups is 1. The maximum Gasteiger partial charge on any atom is 0.134 e. The fraction of sp³-hybridized carbons (Fsp3) is 0.250. The summed E-state index contributed by atoms with van der Waals surface area (Å²) in [6.45, 7) is 5.65. The zero-order valence-electron chi connectivity index (χ0n) is 9.40. The van der Waals surface area contributed by atoms with E-state index in [1.165, 1.54) is 0 Å². The summed E-state index contributed by atoms with van der Waals surface area (Å²) in [5, 5.41) is 18.7. The van der Waals surface area contributed by atoms with Gasteiger partial charge in [-0.3, -0.25) is 0 Å². The minimum atomic E-state index is -0.345. The number of phenols is 1. The summed E-state index contributed by atoms with van der Waals surface area (Å²) in [5.41, 5.74) is 7.91. The largest absolute Gasteiger partial charge is 0.506 e. The number of nitriles is 1. The lowest BCUT2D eigenvalue weighted by molar-refractivity contribution is 0.457. The van der Waals surface area contributed by atoms with E-state index in [0.717, 1.165) is 5.57 Å². The van der Waals surface area contributed by atoms with E-state index < -0.39 is 0 Å². The van der Waals surface area contributed by atoms with Crippen LogP contribution in [0, 0.1) is 11.3 Å². The molecule has 0 radical (unpaired) electrons. The summed E-state index contributed by atoms with van der Waals surface area (Å²) in [5.74, 6) is 0.0905. The van der Waals surface area contributed by atoms with Crippen molar-refractivity contribution in [2.75, 3.05) is 0 Å². The topological polar surface area (TPSA) is 70.0 Å². The predicted octanol–water partition coefficient (Wildman–Crippen LogP) is 3.41. The summed E-state index contributed by atoms with van der Waals surface area (Å²) < 4.78 is 0.485. The van der Waals surface area contributed by atoms with Crippen LogP contribution in [0.4, 0.5) is 0 Å². The van der Waals surface area contributed by atoms with Crippen LogP contribution >= 0.6 is 28.3 Å². The molecule has 0 aliphatic rings. The van der Waals surface area contributed by atoms with Gasteiger partial charge in [-0.05, 0) is 41.4 Å². The van der Waals surface area contributed by atoms with Crippen molar-refractivity contribution >= 4 is 28.3 Å². The Morgan fingerprint density at radius 2 is 2.24 bits per heavy atom. The highest BCUT2D eigenvalue weighted by Gasteiger charge is 2.14. The number of hydrogen-bond donors (Lipinski definition) is 2. The Hall–Kier alpha value is -1.02. The van der Waals surface area contributed by atoms with Gasteiger partial charge in [0.2, 0.25) is 0 Å². The Bertz CT molecular complexity index is 468. The summed E-state index contributed by atoms with van der Waals surface area (Å²) in [6, 6.07) is 4.85. The summed E-state index contributed by atoms with van der Waals surface area (Å²) in [7, 11) is 0. The predicted molar refractivity (Wildman–Crippen MR) is 74.1 cm³/mol. The molecule has 5 heteroatoms. The van der Waals surface area contributed by atoms with E-state index in [1.54, 1.807) is 12.1 Å². The Morgan fingerprint density at radius 1 is 1.65 bits per heavy atom. The summed E-state index contributed by atoms with van der Waals surface area (Å²) >= 11 is 3.19. The van der Waals surface area contributed by atoms with E-state index in [9.17, 15) is 5.11 Å². The molecule has 0 spiro atoms. The Labute approximate surface area is 115 Å². The molecular formula is C12H14BrClN2O. The average Bonchev–Trinajstić information content (AvgIpc) is 2.20. The summed E-state index contributed by atoms with van der Waals surface area (Å²) in [6.07, 6.45) is 0.578. The number of nitrogens with two attached hydrogens (primary N) is 1. The van der Waals surface area contributed by atoms with Crippen molar-refractivity contribution in [2.45, 2.75) is 19.4 Å². The Balaban J connectivity index is 0.00000256. The molecule has 0 heterocycles. The maximum atomic E-state index is 9.83. The van der Waals surface area contributed by atoms with Crippen molar-refractivity contribution in [1.82, 2.24) is 0 Å². The van der Waals surface area contributed by atoms with E-state index >= 15 is 0 Å². The quantitative estimate of drug-likeness (QED) is 0.839. The van der Waals surface area contributed by atoms with Gasteiger partial charge in [0, 0.05) is 11.6 Å². The molecule has 0 aromatic heterocycles. The SMILES string of the molecule is C=C(C)C[C@@H](N)c1cc(C#N)cc(Br)c1O.Cl. The highest BCUT2D eigenvalue weighted by atomic mass is 79.9. The average molecular weight is 318 g/mol. The third-order valence-electron chi connectivity index (χ3n) is 2.19. The van der Waals surface area contributed by atoms with E-state index in [1.807, 2.05) is 13.0 Å². The summed E-state index contributed by atoms with van der Waals surface area (Å²) in [4.78, 5) is 0. The molecule has 3 N–H and O–H groups in total. The normalized spacial score (nSPS) is 11.2. The van der Waals surface area contributed by atoms with Crippen LogP contribution in [0.3, 0.4) is 0 Å². The molecule has 0 aliphatic carbocycles. The second kappa shape index (κ2) is 6.65. The molecule has 0 unspecified atom stereocenters. The van der Waals surface area contributed by atoms with E-state index in [0.29, 0.717) is 22.0 Å². The minimum absolute atomic E-state index is 0. The first kappa shape index (κ1) is 16.0. The molecule has 92 valence electrons. The van der Waals surface area contributed by atoms with Crippen molar-refractivity contribution in [1.29, 1.82) is 5.26 Å². The minimum Gasteiger partial charge on any atom is -0.506 e. The third-order valence-corrected chi connectivity index (χ3v) is 2.79. The van der Waals surface area contributed by atoms with Crippen molar-refractivity contribution in [2.24, 2.45) is 5.73 Å². The van der Waals surface area contributed by atoms with Crippen LogP contribution < -0.4 is 5.73 Å². The molecule has 3 nitrogen and oxygen atoms in total. The Kier molecular flexibility index (Phi) is 6.25. The molecule has 0 saturated carbocycles. The zero-order chi connectivity index (χ0) is 12.3. The van der Waals surface area contributed by atoms with E-state index in [2.05, 4.69) is 22.5 Å². The lowest BCUT2D eigenvalue weighted by atomic mass is 9.98. The first-order chi connectivity index (χ1) is 7.45. The zero-order valence-corrected chi connectivity index (χ0v) is 11.8. The molecule has 1 atom stereocenters. The van der Waals surface area contributed by atoms with Crippen LogP contribution in [0.1, 0.15) is 30.5 Å².